The first-order valence-corrected chi connectivity index (χ1v) is 7.29. The second kappa shape index (κ2) is 5.30. The van der Waals surface area contributed by atoms with Gasteiger partial charge in [0.15, 0.2) is 0 Å². The molecule has 2 heterocycles. The SMILES string of the molecule is CC(C)(C)C(=O)Nc1ccc(-c2cn3ccccc3n2)cc1. The number of carbonyl (C=O) groups is 1. The molecule has 4 heteroatoms. The zero-order valence-corrected chi connectivity index (χ0v) is 13.0. The highest BCUT2D eigenvalue weighted by atomic mass is 16.2. The van der Waals surface area contributed by atoms with E-state index in [9.17, 15) is 4.79 Å². The van der Waals surface area contributed by atoms with Crippen LogP contribution < -0.4 is 5.32 Å². The van der Waals surface area contributed by atoms with Crippen LogP contribution in [0.15, 0.2) is 54.9 Å². The standard InChI is InChI=1S/C18H19N3O/c1-18(2,3)17(22)19-14-9-7-13(8-10-14)15-12-21-11-5-4-6-16(21)20-15/h4-12H,1-3H3,(H,19,22). The second-order valence-electron chi connectivity index (χ2n) is 6.37. The van der Waals surface area contributed by atoms with Crippen molar-refractivity contribution in [3.8, 4) is 11.3 Å². The lowest BCUT2D eigenvalue weighted by molar-refractivity contribution is -0.123. The zero-order valence-electron chi connectivity index (χ0n) is 13.0. The maximum Gasteiger partial charge on any atom is 0.229 e. The predicted octanol–water partition coefficient (Wildman–Crippen LogP) is 3.99. The molecule has 112 valence electrons. The van der Waals surface area contributed by atoms with Crippen LogP contribution in [-0.4, -0.2) is 15.3 Å². The highest BCUT2D eigenvalue weighted by Crippen LogP contribution is 2.22. The van der Waals surface area contributed by atoms with E-state index in [4.69, 9.17) is 0 Å². The van der Waals surface area contributed by atoms with Crippen LogP contribution in [0.4, 0.5) is 5.69 Å². The molecule has 0 unspecified atom stereocenters. The fourth-order valence-electron chi connectivity index (χ4n) is 2.12. The quantitative estimate of drug-likeness (QED) is 0.776. The zero-order chi connectivity index (χ0) is 15.7. The molecular formula is C18H19N3O. The maximum absolute atomic E-state index is 12.0. The van der Waals surface area contributed by atoms with Gasteiger partial charge in [0.1, 0.15) is 5.65 Å². The molecule has 2 aromatic heterocycles. The first kappa shape index (κ1) is 14.3. The molecule has 0 saturated heterocycles. The largest absolute Gasteiger partial charge is 0.326 e. The first-order valence-electron chi connectivity index (χ1n) is 7.29. The van der Waals surface area contributed by atoms with Crippen LogP contribution in [-0.2, 0) is 4.79 Å². The molecule has 3 aromatic rings. The van der Waals surface area contributed by atoms with E-state index < -0.39 is 5.41 Å². The molecule has 0 aliphatic carbocycles. The van der Waals surface area contributed by atoms with Gasteiger partial charge in [-0.15, -0.1) is 0 Å². The number of carbonyl (C=O) groups excluding carboxylic acids is 1. The molecule has 3 rings (SSSR count). The Labute approximate surface area is 129 Å². The molecule has 0 aliphatic heterocycles. The van der Waals surface area contributed by atoms with Crippen LogP contribution in [0.5, 0.6) is 0 Å². The van der Waals surface area contributed by atoms with Crippen molar-refractivity contribution in [2.24, 2.45) is 5.41 Å². The summed E-state index contributed by atoms with van der Waals surface area (Å²) in [6.07, 6.45) is 3.97. The third-order valence-corrected chi connectivity index (χ3v) is 3.48. The molecule has 1 aromatic carbocycles. The van der Waals surface area contributed by atoms with Gasteiger partial charge in [-0.05, 0) is 24.3 Å². The van der Waals surface area contributed by atoms with E-state index in [-0.39, 0.29) is 5.91 Å². The molecule has 0 fully saturated rings. The average molecular weight is 293 g/mol. The third kappa shape index (κ3) is 2.86. The Hall–Kier alpha value is -2.62. The number of hydrogen-bond acceptors (Lipinski definition) is 2. The number of imidazole rings is 1. The molecule has 0 atom stereocenters. The lowest BCUT2D eigenvalue weighted by Crippen LogP contribution is -2.27. The molecule has 0 radical (unpaired) electrons. The topological polar surface area (TPSA) is 46.4 Å². The Kier molecular flexibility index (Phi) is 3.45. The third-order valence-electron chi connectivity index (χ3n) is 3.48. The maximum atomic E-state index is 12.0. The predicted molar refractivity (Wildman–Crippen MR) is 88.7 cm³/mol. The fraction of sp³-hybridized carbons (Fsp3) is 0.222. The smallest absolute Gasteiger partial charge is 0.229 e. The Bertz CT molecular complexity index is 777. The molecule has 0 aliphatic rings. The average Bonchev–Trinajstić information content (AvgIpc) is 2.91. The fourth-order valence-corrected chi connectivity index (χ4v) is 2.12. The van der Waals surface area contributed by atoms with Crippen LogP contribution in [0.1, 0.15) is 20.8 Å². The normalized spacial score (nSPS) is 11.6. The van der Waals surface area contributed by atoms with Crippen molar-refractivity contribution in [2.75, 3.05) is 5.32 Å². The summed E-state index contributed by atoms with van der Waals surface area (Å²) in [6.45, 7) is 5.69. The van der Waals surface area contributed by atoms with E-state index in [0.29, 0.717) is 0 Å². The van der Waals surface area contributed by atoms with E-state index in [1.165, 1.54) is 0 Å². The summed E-state index contributed by atoms with van der Waals surface area (Å²) in [5.74, 6) is 0.00739. The number of nitrogens with one attached hydrogen (secondary N) is 1. The van der Waals surface area contributed by atoms with Crippen LogP contribution in [0, 0.1) is 5.41 Å². The summed E-state index contributed by atoms with van der Waals surface area (Å²) < 4.78 is 1.99. The number of pyridine rings is 1. The van der Waals surface area contributed by atoms with Gasteiger partial charge in [0.2, 0.25) is 5.91 Å². The minimum atomic E-state index is -0.403. The lowest BCUT2D eigenvalue weighted by atomic mass is 9.95. The minimum Gasteiger partial charge on any atom is -0.326 e. The van der Waals surface area contributed by atoms with Gasteiger partial charge in [-0.25, -0.2) is 4.98 Å². The summed E-state index contributed by atoms with van der Waals surface area (Å²) in [6, 6.07) is 13.7. The van der Waals surface area contributed by atoms with Crippen LogP contribution in [0.2, 0.25) is 0 Å². The summed E-state index contributed by atoms with van der Waals surface area (Å²) in [7, 11) is 0. The van der Waals surface area contributed by atoms with Crippen molar-refractivity contribution in [1.82, 2.24) is 9.38 Å². The lowest BCUT2D eigenvalue weighted by Gasteiger charge is -2.17. The van der Waals surface area contributed by atoms with Gasteiger partial charge < -0.3 is 9.72 Å². The van der Waals surface area contributed by atoms with Gasteiger partial charge in [0, 0.05) is 29.1 Å². The molecule has 1 N–H and O–H groups in total. The van der Waals surface area contributed by atoms with Gasteiger partial charge in [0.25, 0.3) is 0 Å². The number of aromatic nitrogens is 2. The van der Waals surface area contributed by atoms with E-state index in [1.54, 1.807) is 0 Å². The Morgan fingerprint density at radius 3 is 2.45 bits per heavy atom. The van der Waals surface area contributed by atoms with Gasteiger partial charge in [-0.2, -0.15) is 0 Å². The van der Waals surface area contributed by atoms with Crippen LogP contribution in [0.25, 0.3) is 16.9 Å². The molecule has 22 heavy (non-hydrogen) atoms. The second-order valence-corrected chi connectivity index (χ2v) is 6.37. The van der Waals surface area contributed by atoms with Gasteiger partial charge in [-0.1, -0.05) is 39.0 Å². The number of amides is 1. The van der Waals surface area contributed by atoms with Crippen molar-refractivity contribution >= 4 is 17.2 Å². The summed E-state index contributed by atoms with van der Waals surface area (Å²) in [5.41, 5.74) is 3.26. The van der Waals surface area contributed by atoms with E-state index >= 15 is 0 Å². The van der Waals surface area contributed by atoms with E-state index in [0.717, 1.165) is 22.6 Å². The van der Waals surface area contributed by atoms with Crippen LogP contribution in [0.3, 0.4) is 0 Å². The number of fused-ring (bicyclic) bond motifs is 1. The van der Waals surface area contributed by atoms with Crippen molar-refractivity contribution in [1.29, 1.82) is 0 Å². The first-order chi connectivity index (χ1) is 10.4. The molecule has 0 saturated carbocycles. The number of rotatable bonds is 2. The van der Waals surface area contributed by atoms with E-state index in [1.807, 2.05) is 80.0 Å². The number of benzene rings is 1. The number of nitrogens with zero attached hydrogens (tertiary/aromatic N) is 2. The summed E-state index contributed by atoms with van der Waals surface area (Å²) in [4.78, 5) is 16.6. The summed E-state index contributed by atoms with van der Waals surface area (Å²) >= 11 is 0. The van der Waals surface area contributed by atoms with Crippen molar-refractivity contribution in [3.63, 3.8) is 0 Å². The Morgan fingerprint density at radius 2 is 1.82 bits per heavy atom. The molecule has 0 spiro atoms. The minimum absolute atomic E-state index is 0.00739. The van der Waals surface area contributed by atoms with Gasteiger partial charge in [0.05, 0.1) is 5.69 Å². The number of hydrogen-bond donors (Lipinski definition) is 1. The molecular weight excluding hydrogens is 274 g/mol. The van der Waals surface area contributed by atoms with Gasteiger partial charge in [-0.3, -0.25) is 4.79 Å². The van der Waals surface area contributed by atoms with Crippen LogP contribution >= 0.6 is 0 Å². The molecule has 1 amide bonds. The Balaban J connectivity index is 1.83. The van der Waals surface area contributed by atoms with Gasteiger partial charge >= 0.3 is 0 Å². The highest BCUT2D eigenvalue weighted by molar-refractivity contribution is 5.94. The number of anilines is 1. The van der Waals surface area contributed by atoms with E-state index in [2.05, 4.69) is 10.3 Å². The van der Waals surface area contributed by atoms with Crippen molar-refractivity contribution < 1.29 is 4.79 Å². The van der Waals surface area contributed by atoms with Crippen molar-refractivity contribution in [3.05, 3.63) is 54.9 Å². The summed E-state index contributed by atoms with van der Waals surface area (Å²) in [5, 5.41) is 2.92. The highest BCUT2D eigenvalue weighted by Gasteiger charge is 2.21. The monoisotopic (exact) mass is 293 g/mol. The van der Waals surface area contributed by atoms with Crippen molar-refractivity contribution in [2.45, 2.75) is 20.8 Å². The molecule has 0 bridgehead atoms. The Morgan fingerprint density at radius 1 is 1.09 bits per heavy atom. The molecule has 4 nitrogen and oxygen atoms in total.